The van der Waals surface area contributed by atoms with Crippen molar-refractivity contribution in [2.75, 3.05) is 4.90 Å². The third-order valence-corrected chi connectivity index (χ3v) is 3.75. The molecule has 106 valence electrons. The van der Waals surface area contributed by atoms with E-state index < -0.39 is 0 Å². The second-order valence-corrected chi connectivity index (χ2v) is 5.69. The molecule has 0 bridgehead atoms. The van der Waals surface area contributed by atoms with Gasteiger partial charge >= 0.3 is 0 Å². The molecule has 0 saturated heterocycles. The highest BCUT2D eigenvalue weighted by atomic mass is 32.1. The molecule has 0 N–H and O–H groups in total. The molecule has 20 heavy (non-hydrogen) atoms. The molecule has 0 fully saturated rings. The molecule has 2 rings (SSSR count). The number of rotatable bonds is 5. The maximum atomic E-state index is 12.2. The Morgan fingerprint density at radius 3 is 2.80 bits per heavy atom. The molecule has 0 unspecified atom stereocenters. The van der Waals surface area contributed by atoms with E-state index in [9.17, 15) is 4.79 Å². The van der Waals surface area contributed by atoms with Crippen molar-refractivity contribution in [3.05, 3.63) is 24.5 Å². The van der Waals surface area contributed by atoms with E-state index >= 15 is 0 Å². The van der Waals surface area contributed by atoms with Gasteiger partial charge in [0.15, 0.2) is 5.01 Å². The third kappa shape index (κ3) is 3.19. The normalized spacial score (nSPS) is 10.8. The van der Waals surface area contributed by atoms with Gasteiger partial charge < -0.3 is 0 Å². The standard InChI is InChI=1S/C14H18N4OS/c1-4-6-12(19)18(10(2)3)14-17-16-13(20-14)11-7-5-8-15-9-11/h5,7-10H,4,6H2,1-3H3. The molecular weight excluding hydrogens is 272 g/mol. The minimum absolute atomic E-state index is 0.0729. The Morgan fingerprint density at radius 2 is 2.20 bits per heavy atom. The van der Waals surface area contributed by atoms with Crippen molar-refractivity contribution in [3.8, 4) is 10.6 Å². The lowest BCUT2D eigenvalue weighted by atomic mass is 10.2. The van der Waals surface area contributed by atoms with Gasteiger partial charge in [-0.2, -0.15) is 0 Å². The second kappa shape index (κ2) is 6.56. The number of pyridine rings is 1. The maximum absolute atomic E-state index is 12.2. The number of nitrogens with zero attached hydrogens (tertiary/aromatic N) is 4. The highest BCUT2D eigenvalue weighted by molar-refractivity contribution is 7.18. The fourth-order valence-corrected chi connectivity index (χ4v) is 2.85. The SMILES string of the molecule is CCCC(=O)N(c1nnc(-c2cccnc2)s1)C(C)C. The molecule has 0 aliphatic rings. The molecule has 2 aromatic rings. The number of amides is 1. The Balaban J connectivity index is 2.28. The number of carbonyl (C=O) groups excluding carboxylic acids is 1. The van der Waals surface area contributed by atoms with Crippen LogP contribution in [0.5, 0.6) is 0 Å². The van der Waals surface area contributed by atoms with Crippen LogP contribution in [0.3, 0.4) is 0 Å². The summed E-state index contributed by atoms with van der Waals surface area (Å²) in [5, 5.41) is 9.76. The quantitative estimate of drug-likeness (QED) is 0.848. The topological polar surface area (TPSA) is 59.0 Å². The van der Waals surface area contributed by atoms with E-state index in [1.54, 1.807) is 17.3 Å². The first kappa shape index (κ1) is 14.6. The Labute approximate surface area is 122 Å². The van der Waals surface area contributed by atoms with Crippen LogP contribution in [0.25, 0.3) is 10.6 Å². The molecule has 0 aromatic carbocycles. The predicted octanol–water partition coefficient (Wildman–Crippen LogP) is 3.14. The van der Waals surface area contributed by atoms with Gasteiger partial charge in [-0.25, -0.2) is 0 Å². The number of carbonyl (C=O) groups is 1. The number of hydrogen-bond acceptors (Lipinski definition) is 5. The minimum Gasteiger partial charge on any atom is -0.284 e. The predicted molar refractivity (Wildman–Crippen MR) is 80.7 cm³/mol. The summed E-state index contributed by atoms with van der Waals surface area (Å²) in [6, 6.07) is 3.87. The number of aromatic nitrogens is 3. The molecule has 0 atom stereocenters. The Morgan fingerprint density at radius 1 is 1.40 bits per heavy atom. The zero-order valence-corrected chi connectivity index (χ0v) is 12.7. The summed E-state index contributed by atoms with van der Waals surface area (Å²) in [7, 11) is 0. The van der Waals surface area contributed by atoms with Crippen molar-refractivity contribution < 1.29 is 4.79 Å². The third-order valence-electron chi connectivity index (χ3n) is 2.78. The Kier molecular flexibility index (Phi) is 4.79. The molecular formula is C14H18N4OS. The van der Waals surface area contributed by atoms with E-state index in [4.69, 9.17) is 0 Å². The highest BCUT2D eigenvalue weighted by Crippen LogP contribution is 2.29. The number of hydrogen-bond donors (Lipinski definition) is 0. The van der Waals surface area contributed by atoms with Gasteiger partial charge in [0.05, 0.1) is 0 Å². The van der Waals surface area contributed by atoms with Crippen LogP contribution in [0, 0.1) is 0 Å². The zero-order valence-electron chi connectivity index (χ0n) is 11.9. The van der Waals surface area contributed by atoms with Crippen LogP contribution in [-0.2, 0) is 4.79 Å². The first-order valence-electron chi connectivity index (χ1n) is 6.69. The van der Waals surface area contributed by atoms with Crippen LogP contribution >= 0.6 is 11.3 Å². The van der Waals surface area contributed by atoms with Gasteiger partial charge in [-0.1, -0.05) is 18.3 Å². The number of anilines is 1. The molecule has 2 heterocycles. The van der Waals surface area contributed by atoms with Gasteiger partial charge in [0, 0.05) is 30.4 Å². The summed E-state index contributed by atoms with van der Waals surface area (Å²) in [5.41, 5.74) is 0.919. The lowest BCUT2D eigenvalue weighted by Gasteiger charge is -2.23. The van der Waals surface area contributed by atoms with Crippen LogP contribution in [-0.4, -0.2) is 27.1 Å². The second-order valence-electron chi connectivity index (χ2n) is 4.74. The van der Waals surface area contributed by atoms with Crippen LogP contribution < -0.4 is 4.90 Å². The fraction of sp³-hybridized carbons (Fsp3) is 0.429. The Bertz CT molecular complexity index is 568. The van der Waals surface area contributed by atoms with E-state index in [-0.39, 0.29) is 11.9 Å². The summed E-state index contributed by atoms with van der Waals surface area (Å²) in [6.45, 7) is 5.97. The van der Waals surface area contributed by atoms with Crippen LogP contribution in [0.15, 0.2) is 24.5 Å². The zero-order chi connectivity index (χ0) is 14.5. The molecule has 0 saturated carbocycles. The largest absolute Gasteiger partial charge is 0.284 e. The van der Waals surface area contributed by atoms with E-state index in [1.807, 2.05) is 32.9 Å². The van der Waals surface area contributed by atoms with Gasteiger partial charge in [-0.05, 0) is 32.4 Å². The minimum atomic E-state index is 0.0729. The maximum Gasteiger partial charge on any atom is 0.229 e. The molecule has 1 amide bonds. The van der Waals surface area contributed by atoms with Gasteiger partial charge in [0.25, 0.3) is 0 Å². The van der Waals surface area contributed by atoms with Crippen molar-refractivity contribution >= 4 is 22.4 Å². The average Bonchev–Trinajstić information content (AvgIpc) is 2.89. The molecule has 5 nitrogen and oxygen atoms in total. The fourth-order valence-electron chi connectivity index (χ4n) is 1.87. The molecule has 0 aliphatic heterocycles. The van der Waals surface area contributed by atoms with Crippen LogP contribution in [0.2, 0.25) is 0 Å². The Hall–Kier alpha value is -1.82. The van der Waals surface area contributed by atoms with Gasteiger partial charge in [-0.3, -0.25) is 14.7 Å². The smallest absolute Gasteiger partial charge is 0.229 e. The van der Waals surface area contributed by atoms with Gasteiger partial charge in [0.2, 0.25) is 11.0 Å². The van der Waals surface area contributed by atoms with Crippen molar-refractivity contribution in [2.45, 2.75) is 39.7 Å². The van der Waals surface area contributed by atoms with Gasteiger partial charge in [0.1, 0.15) is 0 Å². The lowest BCUT2D eigenvalue weighted by molar-refractivity contribution is -0.119. The van der Waals surface area contributed by atoms with Crippen LogP contribution in [0.4, 0.5) is 5.13 Å². The first-order chi connectivity index (χ1) is 9.63. The van der Waals surface area contributed by atoms with Crippen molar-refractivity contribution in [1.29, 1.82) is 0 Å². The van der Waals surface area contributed by atoms with E-state index in [2.05, 4.69) is 15.2 Å². The first-order valence-corrected chi connectivity index (χ1v) is 7.51. The summed E-state index contributed by atoms with van der Waals surface area (Å²) < 4.78 is 0. The monoisotopic (exact) mass is 290 g/mol. The van der Waals surface area contributed by atoms with E-state index in [0.717, 1.165) is 17.0 Å². The lowest BCUT2D eigenvalue weighted by Crippen LogP contribution is -2.36. The van der Waals surface area contributed by atoms with E-state index in [0.29, 0.717) is 11.6 Å². The molecule has 0 spiro atoms. The van der Waals surface area contributed by atoms with Crippen LogP contribution in [0.1, 0.15) is 33.6 Å². The average molecular weight is 290 g/mol. The summed E-state index contributed by atoms with van der Waals surface area (Å²) in [6.07, 6.45) is 4.82. The summed E-state index contributed by atoms with van der Waals surface area (Å²) in [4.78, 5) is 18.0. The molecule has 2 aromatic heterocycles. The van der Waals surface area contributed by atoms with Crippen molar-refractivity contribution in [1.82, 2.24) is 15.2 Å². The van der Waals surface area contributed by atoms with Crippen molar-refractivity contribution in [2.24, 2.45) is 0 Å². The van der Waals surface area contributed by atoms with Crippen molar-refractivity contribution in [3.63, 3.8) is 0 Å². The molecule has 0 radical (unpaired) electrons. The van der Waals surface area contributed by atoms with Gasteiger partial charge in [-0.15, -0.1) is 10.2 Å². The molecule has 6 heteroatoms. The summed E-state index contributed by atoms with van der Waals surface area (Å²) in [5.74, 6) is 0.0939. The van der Waals surface area contributed by atoms with E-state index in [1.165, 1.54) is 11.3 Å². The highest BCUT2D eigenvalue weighted by Gasteiger charge is 2.22. The summed E-state index contributed by atoms with van der Waals surface area (Å²) >= 11 is 1.42. The molecule has 0 aliphatic carbocycles.